The topological polar surface area (TPSA) is 83.9 Å². The first kappa shape index (κ1) is 17.2. The molecule has 0 amide bonds. The first-order chi connectivity index (χ1) is 12.0. The van der Waals surface area contributed by atoms with Gasteiger partial charge in [-0.1, -0.05) is 11.8 Å². The van der Waals surface area contributed by atoms with Crippen molar-refractivity contribution in [3.8, 4) is 11.8 Å². The predicted octanol–water partition coefficient (Wildman–Crippen LogP) is 0.761. The Labute approximate surface area is 156 Å². The second kappa shape index (κ2) is 7.10. The Morgan fingerprint density at radius 2 is 2.16 bits per heavy atom. The maximum absolute atomic E-state index is 12.7. The molecule has 0 unspecified atom stereocenters. The van der Waals surface area contributed by atoms with E-state index in [1.165, 1.54) is 18.0 Å². The summed E-state index contributed by atoms with van der Waals surface area (Å²) in [4.78, 5) is 28.5. The molecule has 0 saturated carbocycles. The highest BCUT2D eigenvalue weighted by molar-refractivity contribution is 14.1. The Kier molecular flexibility index (Phi) is 4.89. The molecule has 3 rings (SSSR count). The number of esters is 1. The van der Waals surface area contributed by atoms with Gasteiger partial charge in [-0.25, -0.2) is 4.98 Å². The van der Waals surface area contributed by atoms with Gasteiger partial charge in [0.2, 0.25) is 0 Å². The number of nitrogens with zero attached hydrogens (tertiary/aromatic N) is 5. The molecule has 0 aliphatic heterocycles. The van der Waals surface area contributed by atoms with Crippen LogP contribution in [0.5, 0.6) is 0 Å². The minimum atomic E-state index is -0.401. The van der Waals surface area contributed by atoms with Crippen LogP contribution < -0.4 is 5.56 Å². The van der Waals surface area contributed by atoms with Crippen molar-refractivity contribution in [3.05, 3.63) is 44.4 Å². The average molecular weight is 451 g/mol. The molecule has 0 aromatic carbocycles. The summed E-state index contributed by atoms with van der Waals surface area (Å²) >= 11 is 2.06. The molecule has 3 aromatic heterocycles. The van der Waals surface area contributed by atoms with Gasteiger partial charge in [-0.15, -0.1) is 0 Å². The van der Waals surface area contributed by atoms with Crippen LogP contribution in [0.1, 0.15) is 5.56 Å². The number of hydrogen-bond acceptors (Lipinski definition) is 5. The molecule has 0 aliphatic rings. The van der Waals surface area contributed by atoms with Gasteiger partial charge in [0.1, 0.15) is 18.5 Å². The molecule has 128 valence electrons. The maximum atomic E-state index is 12.7. The lowest BCUT2D eigenvalue weighted by Crippen LogP contribution is -2.21. The summed E-state index contributed by atoms with van der Waals surface area (Å²) in [7, 11) is 3.13. The third-order valence-electron chi connectivity index (χ3n) is 3.51. The minimum absolute atomic E-state index is 0.00721. The van der Waals surface area contributed by atoms with E-state index in [1.54, 1.807) is 27.8 Å². The quantitative estimate of drug-likeness (QED) is 0.334. The first-order valence-corrected chi connectivity index (χ1v) is 8.35. The number of methoxy groups -OCH3 is 1. The van der Waals surface area contributed by atoms with Crippen LogP contribution in [0, 0.1) is 15.4 Å². The van der Waals surface area contributed by atoms with Crippen LogP contribution in [-0.2, 0) is 29.7 Å². The Hall–Kier alpha value is -2.61. The highest BCUT2D eigenvalue weighted by atomic mass is 127. The second-order valence-corrected chi connectivity index (χ2v) is 6.42. The van der Waals surface area contributed by atoms with Gasteiger partial charge < -0.3 is 9.30 Å². The summed E-state index contributed by atoms with van der Waals surface area (Å²) in [5, 5.41) is 4.51. The SMILES string of the molecule is COC(=O)Cn1cc(I)c2c(=O)n(CC#Cc3cnn(C)c3)cnc21. The van der Waals surface area contributed by atoms with Crippen molar-refractivity contribution in [2.45, 2.75) is 13.1 Å². The third-order valence-corrected chi connectivity index (χ3v) is 4.33. The fraction of sp³-hybridized carbons (Fsp3) is 0.250. The smallest absolute Gasteiger partial charge is 0.325 e. The number of aryl methyl sites for hydroxylation is 1. The van der Waals surface area contributed by atoms with Crippen molar-refractivity contribution in [1.29, 1.82) is 0 Å². The molecule has 0 bridgehead atoms. The van der Waals surface area contributed by atoms with Gasteiger partial charge in [-0.2, -0.15) is 5.10 Å². The van der Waals surface area contributed by atoms with Crippen molar-refractivity contribution in [3.63, 3.8) is 0 Å². The minimum Gasteiger partial charge on any atom is -0.468 e. The zero-order valence-corrected chi connectivity index (χ0v) is 15.7. The van der Waals surface area contributed by atoms with Gasteiger partial charge in [0.25, 0.3) is 5.56 Å². The highest BCUT2D eigenvalue weighted by Gasteiger charge is 2.15. The fourth-order valence-corrected chi connectivity index (χ4v) is 3.13. The summed E-state index contributed by atoms with van der Waals surface area (Å²) < 4.78 is 10.1. The van der Waals surface area contributed by atoms with E-state index in [4.69, 9.17) is 0 Å². The molecule has 0 saturated heterocycles. The Morgan fingerprint density at radius 3 is 2.84 bits per heavy atom. The lowest BCUT2D eigenvalue weighted by atomic mass is 10.3. The molecule has 0 aliphatic carbocycles. The van der Waals surface area contributed by atoms with E-state index in [2.05, 4.69) is 49.3 Å². The number of fused-ring (bicyclic) bond motifs is 1. The van der Waals surface area contributed by atoms with E-state index < -0.39 is 5.97 Å². The molecule has 8 nitrogen and oxygen atoms in total. The Bertz CT molecular complexity index is 1070. The number of hydrogen-bond donors (Lipinski definition) is 0. The molecule has 3 heterocycles. The van der Waals surface area contributed by atoms with Gasteiger partial charge in [-0.3, -0.25) is 18.8 Å². The van der Waals surface area contributed by atoms with Crippen LogP contribution in [0.2, 0.25) is 0 Å². The lowest BCUT2D eigenvalue weighted by molar-refractivity contribution is -0.141. The first-order valence-electron chi connectivity index (χ1n) is 7.27. The fourth-order valence-electron chi connectivity index (χ4n) is 2.32. The Balaban J connectivity index is 1.92. The van der Waals surface area contributed by atoms with Crippen molar-refractivity contribution in [1.82, 2.24) is 23.9 Å². The second-order valence-electron chi connectivity index (χ2n) is 5.26. The molecule has 0 N–H and O–H groups in total. The lowest BCUT2D eigenvalue weighted by Gasteiger charge is -2.04. The largest absolute Gasteiger partial charge is 0.468 e. The zero-order valence-electron chi connectivity index (χ0n) is 13.6. The van der Waals surface area contributed by atoms with Gasteiger partial charge in [0, 0.05) is 23.0 Å². The number of carbonyl (C=O) groups is 1. The summed E-state index contributed by atoms with van der Waals surface area (Å²) in [6, 6.07) is 0. The van der Waals surface area contributed by atoms with Crippen LogP contribution in [-0.4, -0.2) is 37.0 Å². The molecule has 0 radical (unpaired) electrons. The Morgan fingerprint density at radius 1 is 1.36 bits per heavy atom. The van der Waals surface area contributed by atoms with Gasteiger partial charge in [0.05, 0.1) is 30.8 Å². The van der Waals surface area contributed by atoms with Crippen LogP contribution in [0.3, 0.4) is 0 Å². The number of halogens is 1. The van der Waals surface area contributed by atoms with Gasteiger partial charge >= 0.3 is 5.97 Å². The van der Waals surface area contributed by atoms with E-state index in [1.807, 2.05) is 7.05 Å². The molecule has 25 heavy (non-hydrogen) atoms. The highest BCUT2D eigenvalue weighted by Crippen LogP contribution is 2.17. The number of aromatic nitrogens is 5. The molecule has 0 atom stereocenters. The standard InChI is InChI=1S/C16H14IN5O3/c1-20-7-11(6-19-20)4-3-5-21-10-18-15-14(16(21)24)12(17)8-22(15)9-13(23)25-2/h6-8,10H,5,9H2,1-2H3. The van der Waals surface area contributed by atoms with Crippen LogP contribution in [0.15, 0.2) is 29.7 Å². The van der Waals surface area contributed by atoms with Gasteiger partial charge in [0.15, 0.2) is 0 Å². The van der Waals surface area contributed by atoms with Crippen LogP contribution in [0.25, 0.3) is 11.0 Å². The number of ether oxygens (including phenoxy) is 1. The summed E-state index contributed by atoms with van der Waals surface area (Å²) in [6.07, 6.45) is 6.61. The van der Waals surface area contributed by atoms with Crippen molar-refractivity contribution < 1.29 is 9.53 Å². The van der Waals surface area contributed by atoms with Gasteiger partial charge in [-0.05, 0) is 22.6 Å². The van der Waals surface area contributed by atoms with Crippen LogP contribution in [0.4, 0.5) is 0 Å². The van der Waals surface area contributed by atoms with Crippen LogP contribution >= 0.6 is 22.6 Å². The van der Waals surface area contributed by atoms with Crippen molar-refractivity contribution in [2.24, 2.45) is 7.05 Å². The van der Waals surface area contributed by atoms with Crippen molar-refractivity contribution >= 4 is 39.6 Å². The number of rotatable bonds is 3. The molecular formula is C16H14IN5O3. The van der Waals surface area contributed by atoms with E-state index in [9.17, 15) is 9.59 Å². The third kappa shape index (κ3) is 3.58. The number of carbonyl (C=O) groups excluding carboxylic acids is 1. The van der Waals surface area contributed by atoms with E-state index in [0.717, 1.165) is 9.13 Å². The molecule has 0 spiro atoms. The summed E-state index contributed by atoms with van der Waals surface area (Å²) in [6.45, 7) is 0.224. The van der Waals surface area contributed by atoms with E-state index in [0.29, 0.717) is 11.0 Å². The summed E-state index contributed by atoms with van der Waals surface area (Å²) in [5.74, 6) is 5.49. The average Bonchev–Trinajstić information content (AvgIpc) is 3.13. The normalized spacial score (nSPS) is 10.5. The molecule has 0 fully saturated rings. The molecular weight excluding hydrogens is 437 g/mol. The summed E-state index contributed by atoms with van der Waals surface area (Å²) in [5.41, 5.74) is 1.04. The predicted molar refractivity (Wildman–Crippen MR) is 98.8 cm³/mol. The molecule has 9 heteroatoms. The maximum Gasteiger partial charge on any atom is 0.325 e. The monoisotopic (exact) mass is 451 g/mol. The van der Waals surface area contributed by atoms with Crippen molar-refractivity contribution in [2.75, 3.05) is 7.11 Å². The molecule has 3 aromatic rings. The zero-order chi connectivity index (χ0) is 18.0. The van der Waals surface area contributed by atoms with E-state index in [-0.39, 0.29) is 18.6 Å². The van der Waals surface area contributed by atoms with E-state index >= 15 is 0 Å².